The van der Waals surface area contributed by atoms with Crippen molar-refractivity contribution in [1.82, 2.24) is 14.8 Å². The quantitative estimate of drug-likeness (QED) is 0.782. The van der Waals surface area contributed by atoms with Crippen LogP contribution in [0.4, 0.5) is 14.7 Å². The van der Waals surface area contributed by atoms with Crippen molar-refractivity contribution in [2.45, 2.75) is 12.7 Å². The maximum atomic E-state index is 12.3. The molecule has 2 aromatic carbocycles. The Hall–Kier alpha value is -3.22. The summed E-state index contributed by atoms with van der Waals surface area (Å²) < 4.78 is 30.8. The second kappa shape index (κ2) is 6.35. The molecule has 0 saturated carbocycles. The first-order valence-corrected chi connectivity index (χ1v) is 7.69. The molecule has 4 rings (SSSR count). The zero-order chi connectivity index (χ0) is 17.2. The molecule has 25 heavy (non-hydrogen) atoms. The van der Waals surface area contributed by atoms with Gasteiger partial charge in [-0.2, -0.15) is 18.9 Å². The molecule has 126 valence electrons. The summed E-state index contributed by atoms with van der Waals surface area (Å²) in [6.07, 6.45) is 3.51. The van der Waals surface area contributed by atoms with E-state index >= 15 is 0 Å². The Morgan fingerprint density at radius 1 is 1.04 bits per heavy atom. The Morgan fingerprint density at radius 2 is 1.80 bits per heavy atom. The number of aromatic nitrogens is 3. The summed E-state index contributed by atoms with van der Waals surface area (Å²) >= 11 is 0. The molecule has 5 nitrogen and oxygen atoms in total. The van der Waals surface area contributed by atoms with E-state index in [1.165, 1.54) is 18.5 Å². The van der Waals surface area contributed by atoms with E-state index in [0.717, 1.165) is 16.8 Å². The smallest absolute Gasteiger partial charge is 0.387 e. The number of nitrogens with zero attached hydrogens (tertiary/aromatic N) is 3. The molecule has 0 saturated heterocycles. The minimum Gasteiger partial charge on any atom is -0.435 e. The molecule has 0 unspecified atom stereocenters. The van der Waals surface area contributed by atoms with Gasteiger partial charge in [0.25, 0.3) is 0 Å². The molecule has 0 bridgehead atoms. The summed E-state index contributed by atoms with van der Waals surface area (Å²) in [5, 5.41) is 7.52. The lowest BCUT2D eigenvalue weighted by Gasteiger charge is -2.24. The second-order valence-electron chi connectivity index (χ2n) is 5.49. The third kappa shape index (κ3) is 3.08. The SMILES string of the molecule is FC(F)Oc1ccc([C@H]2C=C(c3ccccc3)Nc3ncnn32)cc1. The molecule has 3 aromatic rings. The molecule has 0 amide bonds. The zero-order valence-corrected chi connectivity index (χ0v) is 13.0. The van der Waals surface area contributed by atoms with Gasteiger partial charge in [0, 0.05) is 5.70 Å². The number of fused-ring (bicyclic) bond motifs is 1. The van der Waals surface area contributed by atoms with Crippen molar-refractivity contribution in [3.8, 4) is 5.75 Å². The molecule has 1 atom stereocenters. The number of rotatable bonds is 4. The summed E-state index contributed by atoms with van der Waals surface area (Å²) in [4.78, 5) is 4.24. The Bertz CT molecular complexity index is 891. The Balaban J connectivity index is 1.71. The first-order chi connectivity index (χ1) is 12.2. The fourth-order valence-corrected chi connectivity index (χ4v) is 2.80. The largest absolute Gasteiger partial charge is 0.435 e. The molecular formula is C18H14F2N4O. The van der Waals surface area contributed by atoms with Gasteiger partial charge >= 0.3 is 6.61 Å². The van der Waals surface area contributed by atoms with Gasteiger partial charge in [-0.3, -0.25) is 0 Å². The van der Waals surface area contributed by atoms with Gasteiger partial charge in [0.2, 0.25) is 5.95 Å². The Kier molecular flexibility index (Phi) is 3.89. The highest BCUT2D eigenvalue weighted by molar-refractivity contribution is 5.77. The predicted molar refractivity (Wildman–Crippen MR) is 89.3 cm³/mol. The van der Waals surface area contributed by atoms with Crippen LogP contribution in [0.3, 0.4) is 0 Å². The average molecular weight is 340 g/mol. The van der Waals surface area contributed by atoms with E-state index in [4.69, 9.17) is 0 Å². The van der Waals surface area contributed by atoms with Gasteiger partial charge in [-0.05, 0) is 29.3 Å². The van der Waals surface area contributed by atoms with E-state index < -0.39 is 6.61 Å². The van der Waals surface area contributed by atoms with Gasteiger partial charge < -0.3 is 10.1 Å². The van der Waals surface area contributed by atoms with Gasteiger partial charge in [0.05, 0.1) is 0 Å². The number of benzene rings is 2. The fraction of sp³-hybridized carbons (Fsp3) is 0.111. The first-order valence-electron chi connectivity index (χ1n) is 7.69. The zero-order valence-electron chi connectivity index (χ0n) is 13.0. The maximum Gasteiger partial charge on any atom is 0.387 e. The van der Waals surface area contributed by atoms with Crippen LogP contribution in [0.25, 0.3) is 5.70 Å². The number of halogens is 2. The fourth-order valence-electron chi connectivity index (χ4n) is 2.80. The first kappa shape index (κ1) is 15.3. The number of allylic oxidation sites excluding steroid dienone is 1. The highest BCUT2D eigenvalue weighted by Gasteiger charge is 2.23. The molecule has 1 N–H and O–H groups in total. The van der Waals surface area contributed by atoms with Gasteiger partial charge in [0.1, 0.15) is 18.1 Å². The summed E-state index contributed by atoms with van der Waals surface area (Å²) in [5.41, 5.74) is 2.83. The van der Waals surface area contributed by atoms with Crippen LogP contribution in [-0.4, -0.2) is 21.4 Å². The van der Waals surface area contributed by atoms with Gasteiger partial charge in [-0.15, -0.1) is 0 Å². The van der Waals surface area contributed by atoms with Crippen molar-refractivity contribution in [1.29, 1.82) is 0 Å². The van der Waals surface area contributed by atoms with Gasteiger partial charge in [-0.1, -0.05) is 42.5 Å². The van der Waals surface area contributed by atoms with Crippen molar-refractivity contribution < 1.29 is 13.5 Å². The normalized spacial score (nSPS) is 16.1. The van der Waals surface area contributed by atoms with Gasteiger partial charge in [-0.25, -0.2) is 4.68 Å². The van der Waals surface area contributed by atoms with Crippen LogP contribution in [0.15, 0.2) is 67.0 Å². The second-order valence-corrected chi connectivity index (χ2v) is 5.49. The van der Waals surface area contributed by atoms with Gasteiger partial charge in [0.15, 0.2) is 0 Å². The standard InChI is InChI=1S/C18H14F2N4O/c19-17(20)25-14-8-6-13(7-9-14)16-10-15(12-4-2-1-3-5-12)23-18-21-11-22-24(16)18/h1-11,16-17H,(H,21,22,23)/t16-/m1/s1. The molecule has 1 aliphatic rings. The number of nitrogens with one attached hydrogen (secondary N) is 1. The molecule has 0 spiro atoms. The monoisotopic (exact) mass is 340 g/mol. The van der Waals surface area contributed by atoms with Crippen molar-refractivity contribution in [2.75, 3.05) is 5.32 Å². The van der Waals surface area contributed by atoms with E-state index in [1.807, 2.05) is 36.4 Å². The Labute approximate surface area is 142 Å². The summed E-state index contributed by atoms with van der Waals surface area (Å²) in [5.74, 6) is 0.748. The summed E-state index contributed by atoms with van der Waals surface area (Å²) in [6.45, 7) is -2.84. The number of anilines is 1. The van der Waals surface area contributed by atoms with Crippen molar-refractivity contribution in [2.24, 2.45) is 0 Å². The van der Waals surface area contributed by atoms with Crippen LogP contribution in [0, 0.1) is 0 Å². The summed E-state index contributed by atoms with van der Waals surface area (Å²) in [7, 11) is 0. The van der Waals surface area contributed by atoms with Crippen LogP contribution in [0.5, 0.6) is 5.75 Å². The van der Waals surface area contributed by atoms with E-state index in [2.05, 4.69) is 20.1 Å². The number of hydrogen-bond acceptors (Lipinski definition) is 4. The third-order valence-electron chi connectivity index (χ3n) is 3.94. The number of ether oxygens (including phenoxy) is 1. The molecule has 7 heteroatoms. The van der Waals surface area contributed by atoms with Crippen LogP contribution < -0.4 is 10.1 Å². The highest BCUT2D eigenvalue weighted by atomic mass is 19.3. The van der Waals surface area contributed by atoms with E-state index in [1.54, 1.807) is 16.8 Å². The molecule has 0 aliphatic carbocycles. The average Bonchev–Trinajstić information content (AvgIpc) is 3.10. The minimum atomic E-state index is -2.84. The maximum absolute atomic E-state index is 12.3. The lowest BCUT2D eigenvalue weighted by molar-refractivity contribution is -0.0498. The molecular weight excluding hydrogens is 326 g/mol. The molecule has 0 radical (unpaired) electrons. The minimum absolute atomic E-state index is 0.124. The summed E-state index contributed by atoms with van der Waals surface area (Å²) in [6, 6.07) is 16.2. The number of hydrogen-bond donors (Lipinski definition) is 1. The number of alkyl halides is 2. The Morgan fingerprint density at radius 3 is 2.52 bits per heavy atom. The highest BCUT2D eigenvalue weighted by Crippen LogP contribution is 2.32. The molecule has 0 fully saturated rings. The van der Waals surface area contributed by atoms with Crippen molar-refractivity contribution in [3.05, 3.63) is 78.1 Å². The van der Waals surface area contributed by atoms with Crippen molar-refractivity contribution in [3.63, 3.8) is 0 Å². The topological polar surface area (TPSA) is 52.0 Å². The van der Waals surface area contributed by atoms with E-state index in [-0.39, 0.29) is 11.8 Å². The predicted octanol–water partition coefficient (Wildman–Crippen LogP) is 3.94. The lowest BCUT2D eigenvalue weighted by Crippen LogP contribution is -2.20. The van der Waals surface area contributed by atoms with E-state index in [0.29, 0.717) is 5.95 Å². The molecule has 1 aliphatic heterocycles. The van der Waals surface area contributed by atoms with E-state index in [9.17, 15) is 8.78 Å². The lowest BCUT2D eigenvalue weighted by atomic mass is 10.0. The van der Waals surface area contributed by atoms with Crippen LogP contribution in [0.2, 0.25) is 0 Å². The van der Waals surface area contributed by atoms with Crippen LogP contribution >= 0.6 is 0 Å². The molecule has 1 aromatic heterocycles. The van der Waals surface area contributed by atoms with Crippen LogP contribution in [-0.2, 0) is 0 Å². The van der Waals surface area contributed by atoms with Crippen molar-refractivity contribution >= 4 is 11.6 Å². The third-order valence-corrected chi connectivity index (χ3v) is 3.94. The van der Waals surface area contributed by atoms with Crippen LogP contribution in [0.1, 0.15) is 17.2 Å². The molecule has 2 heterocycles.